The third kappa shape index (κ3) is 3.60. The molecule has 21 heavy (non-hydrogen) atoms. The monoisotopic (exact) mass is 292 g/mol. The van der Waals surface area contributed by atoms with Gasteiger partial charge in [0.15, 0.2) is 0 Å². The molecule has 0 unspecified atom stereocenters. The van der Waals surface area contributed by atoms with Gasteiger partial charge >= 0.3 is 7.12 Å². The number of unbranched alkanes of at least 4 members (excludes halogenated alkanes) is 3. The second-order valence-electron chi connectivity index (χ2n) is 5.33. The maximum Gasteiger partial charge on any atom is 0.494 e. The summed E-state index contributed by atoms with van der Waals surface area (Å²) in [5.41, 5.74) is 0.341. The number of halogens is 2. The number of fused-ring (bicyclic) bond motifs is 1. The smallest absolute Gasteiger partial charge is 0.423 e. The highest BCUT2D eigenvalue weighted by Crippen LogP contribution is 2.21. The van der Waals surface area contributed by atoms with E-state index in [0.29, 0.717) is 5.39 Å². The van der Waals surface area contributed by atoms with Gasteiger partial charge in [0.05, 0.1) is 5.46 Å². The van der Waals surface area contributed by atoms with Gasteiger partial charge < -0.3 is 10.0 Å². The van der Waals surface area contributed by atoms with Gasteiger partial charge in [0.25, 0.3) is 0 Å². The van der Waals surface area contributed by atoms with Gasteiger partial charge in [-0.2, -0.15) is 0 Å². The maximum atomic E-state index is 14.1. The Morgan fingerprint density at radius 1 is 1.05 bits per heavy atom. The molecule has 2 N–H and O–H groups in total. The van der Waals surface area contributed by atoms with E-state index in [1.807, 2.05) is 6.07 Å². The second-order valence-corrected chi connectivity index (χ2v) is 5.33. The van der Waals surface area contributed by atoms with Gasteiger partial charge in [-0.1, -0.05) is 44.4 Å². The Bertz CT molecular complexity index is 629. The summed E-state index contributed by atoms with van der Waals surface area (Å²) < 4.78 is 27.9. The Hall–Kier alpha value is -1.46. The summed E-state index contributed by atoms with van der Waals surface area (Å²) in [6.45, 7) is 2.15. The maximum absolute atomic E-state index is 14.1. The molecule has 2 aromatic rings. The number of hydrogen-bond acceptors (Lipinski definition) is 2. The van der Waals surface area contributed by atoms with Crippen molar-refractivity contribution in [3.8, 4) is 0 Å². The molecule has 0 fully saturated rings. The molecular formula is C16H19BF2O2. The van der Waals surface area contributed by atoms with Crippen LogP contribution in [0, 0.1) is 11.6 Å². The van der Waals surface area contributed by atoms with E-state index in [2.05, 4.69) is 6.92 Å². The van der Waals surface area contributed by atoms with Gasteiger partial charge in [-0.05, 0) is 29.9 Å². The van der Waals surface area contributed by atoms with Crippen LogP contribution in [-0.4, -0.2) is 17.2 Å². The lowest BCUT2D eigenvalue weighted by Gasteiger charge is -2.09. The van der Waals surface area contributed by atoms with E-state index >= 15 is 0 Å². The topological polar surface area (TPSA) is 40.5 Å². The minimum atomic E-state index is -2.15. The van der Waals surface area contributed by atoms with Crippen molar-refractivity contribution in [3.05, 3.63) is 41.5 Å². The van der Waals surface area contributed by atoms with Crippen molar-refractivity contribution in [2.75, 3.05) is 0 Å². The van der Waals surface area contributed by atoms with Crippen LogP contribution in [0.4, 0.5) is 8.78 Å². The molecule has 2 nitrogen and oxygen atoms in total. The molecule has 5 heteroatoms. The van der Waals surface area contributed by atoms with Gasteiger partial charge in [0, 0.05) is 5.39 Å². The molecule has 0 radical (unpaired) electrons. The highest BCUT2D eigenvalue weighted by molar-refractivity contribution is 6.59. The molecule has 2 aromatic carbocycles. The van der Waals surface area contributed by atoms with Gasteiger partial charge in [-0.25, -0.2) is 8.78 Å². The molecule has 2 rings (SSSR count). The van der Waals surface area contributed by atoms with Crippen molar-refractivity contribution in [3.63, 3.8) is 0 Å². The van der Waals surface area contributed by atoms with Crippen LogP contribution in [0.25, 0.3) is 10.8 Å². The van der Waals surface area contributed by atoms with E-state index in [4.69, 9.17) is 10.0 Å². The van der Waals surface area contributed by atoms with Gasteiger partial charge in [0.1, 0.15) is 11.6 Å². The lowest BCUT2D eigenvalue weighted by molar-refractivity contribution is 0.420. The summed E-state index contributed by atoms with van der Waals surface area (Å²) in [5, 5.41) is 18.7. The first-order valence-corrected chi connectivity index (χ1v) is 7.31. The van der Waals surface area contributed by atoms with E-state index in [9.17, 15) is 8.78 Å². The molecular weight excluding hydrogens is 273 g/mol. The van der Waals surface area contributed by atoms with Crippen LogP contribution in [0.3, 0.4) is 0 Å². The lowest BCUT2D eigenvalue weighted by atomic mass is 9.78. The Balaban J connectivity index is 2.30. The Morgan fingerprint density at radius 3 is 2.48 bits per heavy atom. The first kappa shape index (κ1) is 15.9. The molecule has 0 saturated heterocycles. The molecule has 0 spiro atoms. The fourth-order valence-corrected chi connectivity index (χ4v) is 2.54. The molecule has 0 amide bonds. The van der Waals surface area contributed by atoms with Crippen molar-refractivity contribution in [2.45, 2.75) is 39.0 Å². The average Bonchev–Trinajstić information content (AvgIpc) is 2.43. The standard InChI is InChI=1S/C16H19BF2O2/c1-2-3-4-5-6-11-7-8-13-12(9-11)10-14(18)15(16(13)19)17(20)21/h7-10,20-21H,2-6H2,1H3. The summed E-state index contributed by atoms with van der Waals surface area (Å²) in [5.74, 6) is -1.84. The second kappa shape index (κ2) is 7.01. The zero-order chi connectivity index (χ0) is 15.4. The largest absolute Gasteiger partial charge is 0.494 e. The molecule has 112 valence electrons. The Morgan fingerprint density at radius 2 is 1.81 bits per heavy atom. The Labute approximate surface area is 123 Å². The zero-order valence-corrected chi connectivity index (χ0v) is 12.1. The summed E-state index contributed by atoms with van der Waals surface area (Å²) in [6.07, 6.45) is 5.43. The molecule has 0 aliphatic carbocycles. The van der Waals surface area contributed by atoms with Gasteiger partial charge in [0.2, 0.25) is 0 Å². The van der Waals surface area contributed by atoms with Crippen LogP contribution >= 0.6 is 0 Å². The number of benzene rings is 2. The van der Waals surface area contributed by atoms with Crippen molar-refractivity contribution in [1.82, 2.24) is 0 Å². The van der Waals surface area contributed by atoms with E-state index in [-0.39, 0.29) is 5.39 Å². The molecule has 0 bridgehead atoms. The summed E-state index contributed by atoms with van der Waals surface area (Å²) >= 11 is 0. The molecule has 0 atom stereocenters. The van der Waals surface area contributed by atoms with Crippen LogP contribution in [0.5, 0.6) is 0 Å². The lowest BCUT2D eigenvalue weighted by Crippen LogP contribution is -2.35. The van der Waals surface area contributed by atoms with Crippen molar-refractivity contribution < 1.29 is 18.8 Å². The third-order valence-electron chi connectivity index (χ3n) is 3.71. The third-order valence-corrected chi connectivity index (χ3v) is 3.71. The fourth-order valence-electron chi connectivity index (χ4n) is 2.54. The first-order chi connectivity index (χ1) is 10.0. The zero-order valence-electron chi connectivity index (χ0n) is 12.1. The minimum Gasteiger partial charge on any atom is -0.423 e. The van der Waals surface area contributed by atoms with Crippen molar-refractivity contribution in [1.29, 1.82) is 0 Å². The number of hydrogen-bond donors (Lipinski definition) is 2. The highest BCUT2D eigenvalue weighted by atomic mass is 19.1. The van der Waals surface area contributed by atoms with Crippen LogP contribution in [0.1, 0.15) is 38.2 Å². The molecule has 0 aromatic heterocycles. The van der Waals surface area contributed by atoms with Crippen LogP contribution in [-0.2, 0) is 6.42 Å². The average molecular weight is 292 g/mol. The quantitative estimate of drug-likeness (QED) is 0.635. The van der Waals surface area contributed by atoms with Crippen molar-refractivity contribution in [2.24, 2.45) is 0 Å². The first-order valence-electron chi connectivity index (χ1n) is 7.31. The summed E-state index contributed by atoms with van der Waals surface area (Å²) in [4.78, 5) is 0. The fraction of sp³-hybridized carbons (Fsp3) is 0.375. The molecule has 0 aliphatic rings. The number of rotatable bonds is 6. The van der Waals surface area contributed by atoms with E-state index in [1.54, 1.807) is 12.1 Å². The Kier molecular flexibility index (Phi) is 5.31. The van der Waals surface area contributed by atoms with E-state index in [1.165, 1.54) is 12.8 Å². The SMILES string of the molecule is CCCCCCc1ccc2c(F)c(B(O)O)c(F)cc2c1. The van der Waals surface area contributed by atoms with Crippen LogP contribution in [0.2, 0.25) is 0 Å². The molecule has 0 heterocycles. The predicted octanol–water partition coefficient (Wildman–Crippen LogP) is 2.92. The minimum absolute atomic E-state index is 0.205. The normalized spacial score (nSPS) is 11.1. The number of aryl methyl sites for hydroxylation is 1. The highest BCUT2D eigenvalue weighted by Gasteiger charge is 2.23. The summed E-state index contributed by atoms with van der Waals surface area (Å²) in [7, 11) is -2.15. The van der Waals surface area contributed by atoms with E-state index in [0.717, 1.165) is 30.9 Å². The van der Waals surface area contributed by atoms with E-state index < -0.39 is 24.2 Å². The molecule has 0 saturated carbocycles. The van der Waals surface area contributed by atoms with Crippen LogP contribution in [0.15, 0.2) is 24.3 Å². The molecule has 0 aliphatic heterocycles. The summed E-state index contributed by atoms with van der Waals surface area (Å²) in [6, 6.07) is 6.30. The van der Waals surface area contributed by atoms with Gasteiger partial charge in [-0.15, -0.1) is 0 Å². The van der Waals surface area contributed by atoms with Gasteiger partial charge in [-0.3, -0.25) is 0 Å². The predicted molar refractivity (Wildman–Crippen MR) is 81.5 cm³/mol. The van der Waals surface area contributed by atoms with Crippen molar-refractivity contribution >= 4 is 23.4 Å². The van der Waals surface area contributed by atoms with Crippen LogP contribution < -0.4 is 5.46 Å².